The topological polar surface area (TPSA) is 127 Å². The monoisotopic (exact) mass is 465 g/mol. The van der Waals surface area contributed by atoms with E-state index in [1.165, 1.54) is 6.20 Å². The van der Waals surface area contributed by atoms with E-state index in [4.69, 9.17) is 10.00 Å². The largest absolute Gasteiger partial charge is 0.423 e. The van der Waals surface area contributed by atoms with Gasteiger partial charge in [-0.1, -0.05) is 0 Å². The maximum atomic E-state index is 13.0. The molecule has 3 heterocycles. The molecule has 33 heavy (non-hydrogen) atoms. The minimum absolute atomic E-state index is 0.0126. The summed E-state index contributed by atoms with van der Waals surface area (Å²) in [6.45, 7) is 2.46. The van der Waals surface area contributed by atoms with E-state index in [9.17, 15) is 22.8 Å². The number of alkyl halides is 3. The van der Waals surface area contributed by atoms with Gasteiger partial charge in [0.25, 0.3) is 5.56 Å². The molecular formula is C20H22F3N7O3. The molecule has 1 fully saturated rings. The van der Waals surface area contributed by atoms with Crippen LogP contribution in [0.15, 0.2) is 29.3 Å². The Bertz CT molecular complexity index is 1040. The van der Waals surface area contributed by atoms with E-state index < -0.39 is 23.0 Å². The maximum Gasteiger partial charge on any atom is 0.423 e. The van der Waals surface area contributed by atoms with E-state index in [0.29, 0.717) is 31.7 Å². The normalized spacial score (nSPS) is 14.1. The fraction of sp³-hybridized carbons (Fsp3) is 0.450. The zero-order valence-electron chi connectivity index (χ0n) is 17.6. The summed E-state index contributed by atoms with van der Waals surface area (Å²) in [6, 6.07) is 5.49. The molecule has 13 heteroatoms. The number of H-pyrrole nitrogens is 1. The molecular weight excluding hydrogens is 443 g/mol. The molecule has 0 radical (unpaired) electrons. The quantitative estimate of drug-likeness (QED) is 0.558. The number of nitrogens with one attached hydrogen (secondary N) is 2. The predicted molar refractivity (Wildman–Crippen MR) is 112 cm³/mol. The number of nitrogens with zero attached hydrogens (tertiary/aromatic N) is 5. The number of halogens is 3. The molecule has 0 spiro atoms. The number of nitriles is 1. The number of carbonyl (C=O) groups is 1. The molecule has 3 rings (SSSR count). The summed E-state index contributed by atoms with van der Waals surface area (Å²) >= 11 is 0. The Morgan fingerprint density at radius 1 is 1.21 bits per heavy atom. The number of hydrogen-bond acceptors (Lipinski definition) is 8. The van der Waals surface area contributed by atoms with Crippen molar-refractivity contribution < 1.29 is 22.7 Å². The molecule has 10 nitrogen and oxygen atoms in total. The third-order valence-electron chi connectivity index (χ3n) is 5.00. The van der Waals surface area contributed by atoms with Gasteiger partial charge in [0.15, 0.2) is 0 Å². The van der Waals surface area contributed by atoms with Gasteiger partial charge in [0.1, 0.15) is 17.5 Å². The summed E-state index contributed by atoms with van der Waals surface area (Å²) in [5.41, 5.74) is -2.62. The Labute approximate surface area is 187 Å². The van der Waals surface area contributed by atoms with E-state index >= 15 is 0 Å². The molecule has 1 aliphatic rings. The van der Waals surface area contributed by atoms with Gasteiger partial charge in [0.2, 0.25) is 5.91 Å². The van der Waals surface area contributed by atoms with Crippen LogP contribution in [0, 0.1) is 11.3 Å². The average molecular weight is 465 g/mol. The molecule has 1 aliphatic heterocycles. The van der Waals surface area contributed by atoms with Gasteiger partial charge in [-0.15, -0.1) is 0 Å². The fourth-order valence-electron chi connectivity index (χ4n) is 3.32. The zero-order valence-corrected chi connectivity index (χ0v) is 17.6. The number of rotatable bonds is 8. The average Bonchev–Trinajstić information content (AvgIpc) is 2.80. The summed E-state index contributed by atoms with van der Waals surface area (Å²) in [4.78, 5) is 31.8. The summed E-state index contributed by atoms with van der Waals surface area (Å²) in [7, 11) is 0. The minimum Gasteiger partial charge on any atom is -0.381 e. The first-order chi connectivity index (χ1) is 15.8. The number of piperazine rings is 1. The molecule has 1 saturated heterocycles. The zero-order chi connectivity index (χ0) is 23.8. The van der Waals surface area contributed by atoms with Crippen LogP contribution in [0.3, 0.4) is 0 Å². The maximum absolute atomic E-state index is 13.0. The molecule has 1 amide bonds. The molecule has 0 aromatic carbocycles. The first-order valence-corrected chi connectivity index (χ1v) is 10.1. The second kappa shape index (κ2) is 10.8. The molecule has 2 N–H and O–H groups in total. The second-order valence-electron chi connectivity index (χ2n) is 7.16. The van der Waals surface area contributed by atoms with Crippen molar-refractivity contribution in [1.82, 2.24) is 20.1 Å². The van der Waals surface area contributed by atoms with Gasteiger partial charge >= 0.3 is 6.18 Å². The predicted octanol–water partition coefficient (Wildman–Crippen LogP) is 1.22. The Morgan fingerprint density at radius 3 is 2.61 bits per heavy atom. The smallest absolute Gasteiger partial charge is 0.381 e. The molecule has 0 saturated carbocycles. The summed E-state index contributed by atoms with van der Waals surface area (Å²) in [5, 5.41) is 16.5. The van der Waals surface area contributed by atoms with Gasteiger partial charge in [-0.05, 0) is 12.1 Å². The highest BCUT2D eigenvalue weighted by Crippen LogP contribution is 2.31. The van der Waals surface area contributed by atoms with Crippen molar-refractivity contribution in [2.45, 2.75) is 12.6 Å². The first-order valence-electron chi connectivity index (χ1n) is 10.1. The summed E-state index contributed by atoms with van der Waals surface area (Å²) in [6.07, 6.45) is -2.27. The Balaban J connectivity index is 1.35. The molecule has 2 aromatic heterocycles. The lowest BCUT2D eigenvalue weighted by molar-refractivity contribution is -0.138. The van der Waals surface area contributed by atoms with Gasteiger partial charge < -0.3 is 19.9 Å². The standard InChI is InChI=1S/C20H22F3N7O3/c21-20(22,23)18-15(13-27-28-19(18)32)25-4-10-33-9-3-17(31)30-7-5-29(6-8-30)16-2-1-14(11-24)12-26-16/h1-2,12-13H,3-10H2,(H2,25,28,32). The van der Waals surface area contributed by atoms with Crippen molar-refractivity contribution in [1.29, 1.82) is 5.26 Å². The van der Waals surface area contributed by atoms with Crippen LogP contribution in [-0.4, -0.2) is 71.9 Å². The van der Waals surface area contributed by atoms with E-state index in [1.807, 2.05) is 11.0 Å². The van der Waals surface area contributed by atoms with Gasteiger partial charge in [-0.3, -0.25) is 9.59 Å². The lowest BCUT2D eigenvalue weighted by atomic mass is 10.2. The number of pyridine rings is 1. The fourth-order valence-corrected chi connectivity index (χ4v) is 3.32. The SMILES string of the molecule is N#Cc1ccc(N2CCN(C(=O)CCOCCNc3cn[nH]c(=O)c3C(F)(F)F)CC2)nc1. The van der Waals surface area contributed by atoms with E-state index in [1.54, 1.807) is 22.1 Å². The van der Waals surface area contributed by atoms with Crippen LogP contribution in [0.4, 0.5) is 24.7 Å². The summed E-state index contributed by atoms with van der Waals surface area (Å²) < 4.78 is 44.3. The number of aromatic nitrogens is 3. The second-order valence-corrected chi connectivity index (χ2v) is 7.16. The lowest BCUT2D eigenvalue weighted by Gasteiger charge is -2.35. The van der Waals surface area contributed by atoms with Crippen LogP contribution in [0.1, 0.15) is 17.5 Å². The highest BCUT2D eigenvalue weighted by atomic mass is 19.4. The van der Waals surface area contributed by atoms with Crippen molar-refractivity contribution in [2.24, 2.45) is 0 Å². The number of aromatic amines is 1. The van der Waals surface area contributed by atoms with Crippen LogP contribution in [-0.2, 0) is 15.7 Å². The lowest BCUT2D eigenvalue weighted by Crippen LogP contribution is -2.49. The Hall–Kier alpha value is -3.66. The highest BCUT2D eigenvalue weighted by molar-refractivity contribution is 5.76. The highest BCUT2D eigenvalue weighted by Gasteiger charge is 2.37. The number of anilines is 2. The minimum atomic E-state index is -4.81. The molecule has 0 aliphatic carbocycles. The Kier molecular flexibility index (Phi) is 7.83. The van der Waals surface area contributed by atoms with Crippen LogP contribution < -0.4 is 15.8 Å². The molecule has 0 unspecified atom stereocenters. The van der Waals surface area contributed by atoms with Crippen LogP contribution in [0.25, 0.3) is 0 Å². The molecule has 2 aromatic rings. The number of carbonyl (C=O) groups excluding carboxylic acids is 1. The number of amides is 1. The van der Waals surface area contributed by atoms with Crippen molar-refractivity contribution in [3.8, 4) is 6.07 Å². The van der Waals surface area contributed by atoms with Gasteiger partial charge in [0, 0.05) is 38.9 Å². The molecule has 176 valence electrons. The summed E-state index contributed by atoms with van der Waals surface area (Å²) in [5.74, 6) is 0.676. The van der Waals surface area contributed by atoms with Crippen LogP contribution >= 0.6 is 0 Å². The number of ether oxygens (including phenoxy) is 1. The third-order valence-corrected chi connectivity index (χ3v) is 5.00. The van der Waals surface area contributed by atoms with E-state index in [-0.39, 0.29) is 32.1 Å². The molecule has 0 bridgehead atoms. The van der Waals surface area contributed by atoms with Crippen molar-refractivity contribution in [2.75, 3.05) is 56.2 Å². The van der Waals surface area contributed by atoms with Crippen LogP contribution in [0.5, 0.6) is 0 Å². The van der Waals surface area contributed by atoms with Crippen molar-refractivity contribution in [3.05, 3.63) is 46.0 Å². The first kappa shape index (κ1) is 24.0. The van der Waals surface area contributed by atoms with Crippen molar-refractivity contribution >= 4 is 17.4 Å². The van der Waals surface area contributed by atoms with Gasteiger partial charge in [-0.25, -0.2) is 10.1 Å². The van der Waals surface area contributed by atoms with Gasteiger partial charge in [-0.2, -0.15) is 23.5 Å². The van der Waals surface area contributed by atoms with Gasteiger partial charge in [0.05, 0.1) is 37.1 Å². The Morgan fingerprint density at radius 2 is 1.97 bits per heavy atom. The third kappa shape index (κ3) is 6.42. The van der Waals surface area contributed by atoms with Crippen LogP contribution in [0.2, 0.25) is 0 Å². The van der Waals surface area contributed by atoms with E-state index in [2.05, 4.69) is 15.4 Å². The number of hydrogen-bond donors (Lipinski definition) is 2. The van der Waals surface area contributed by atoms with Crippen molar-refractivity contribution in [3.63, 3.8) is 0 Å². The van der Waals surface area contributed by atoms with E-state index in [0.717, 1.165) is 12.0 Å². The molecule has 0 atom stereocenters.